The molecule has 1 aromatic carbocycles. The van der Waals surface area contributed by atoms with E-state index in [1.807, 2.05) is 24.4 Å². The van der Waals surface area contributed by atoms with Gasteiger partial charge < -0.3 is 15.1 Å². The van der Waals surface area contributed by atoms with Crippen LogP contribution in [0.4, 0.5) is 10.8 Å². The first-order valence-corrected chi connectivity index (χ1v) is 9.84. The molecule has 1 fully saturated rings. The molecule has 0 unspecified atom stereocenters. The molecule has 1 saturated heterocycles. The minimum absolute atomic E-state index is 0.0864. The number of thiazole rings is 1. The van der Waals surface area contributed by atoms with Crippen LogP contribution in [0.5, 0.6) is 0 Å². The van der Waals surface area contributed by atoms with Gasteiger partial charge in [0.1, 0.15) is 5.69 Å². The summed E-state index contributed by atoms with van der Waals surface area (Å²) < 4.78 is 0. The molecule has 3 rings (SSSR count). The number of aromatic nitrogens is 1. The summed E-state index contributed by atoms with van der Waals surface area (Å²) in [5.74, 6) is -0.0864. The summed E-state index contributed by atoms with van der Waals surface area (Å²) in [5, 5.41) is 6.49. The van der Waals surface area contributed by atoms with E-state index in [1.165, 1.54) is 17.0 Å². The molecule has 0 bridgehead atoms. The number of nitrogens with zero attached hydrogens (tertiary/aromatic N) is 3. The summed E-state index contributed by atoms with van der Waals surface area (Å²) in [4.78, 5) is 21.3. The summed E-state index contributed by atoms with van der Waals surface area (Å²) in [6, 6.07) is 8.12. The van der Waals surface area contributed by atoms with E-state index in [0.717, 1.165) is 42.8 Å². The minimum Gasteiger partial charge on any atom is -0.368 e. The van der Waals surface area contributed by atoms with Gasteiger partial charge in [0.2, 0.25) is 0 Å². The highest BCUT2D eigenvalue weighted by atomic mass is 35.5. The maximum atomic E-state index is 12.2. The molecule has 25 heavy (non-hydrogen) atoms. The van der Waals surface area contributed by atoms with Gasteiger partial charge in [0.25, 0.3) is 5.91 Å². The fourth-order valence-corrected chi connectivity index (χ4v) is 3.71. The van der Waals surface area contributed by atoms with Gasteiger partial charge in [-0.2, -0.15) is 0 Å². The van der Waals surface area contributed by atoms with Gasteiger partial charge in [0.15, 0.2) is 5.13 Å². The lowest BCUT2D eigenvalue weighted by Crippen LogP contribution is -2.46. The Labute approximate surface area is 157 Å². The zero-order valence-electron chi connectivity index (χ0n) is 14.5. The van der Waals surface area contributed by atoms with Crippen molar-refractivity contribution in [2.45, 2.75) is 26.3 Å². The minimum atomic E-state index is -0.0864. The Balaban J connectivity index is 1.58. The summed E-state index contributed by atoms with van der Waals surface area (Å²) in [7, 11) is 0. The van der Waals surface area contributed by atoms with E-state index < -0.39 is 0 Å². The van der Waals surface area contributed by atoms with Gasteiger partial charge in [-0.3, -0.25) is 4.79 Å². The number of rotatable bonds is 5. The van der Waals surface area contributed by atoms with Crippen LogP contribution in [-0.2, 0) is 0 Å². The third kappa shape index (κ3) is 4.44. The third-order valence-electron chi connectivity index (χ3n) is 4.46. The first-order valence-electron chi connectivity index (χ1n) is 8.58. The van der Waals surface area contributed by atoms with E-state index >= 15 is 0 Å². The average molecular weight is 379 g/mol. The van der Waals surface area contributed by atoms with Crippen LogP contribution in [-0.4, -0.2) is 43.1 Å². The molecule has 5 nitrogen and oxygen atoms in total. The predicted molar refractivity (Wildman–Crippen MR) is 105 cm³/mol. The van der Waals surface area contributed by atoms with E-state index in [2.05, 4.69) is 39.2 Å². The van der Waals surface area contributed by atoms with Crippen LogP contribution in [0.25, 0.3) is 0 Å². The van der Waals surface area contributed by atoms with Crippen molar-refractivity contribution in [1.82, 2.24) is 10.3 Å². The maximum Gasteiger partial charge on any atom is 0.271 e. The number of anilines is 2. The number of carbonyl (C=O) groups is 1. The number of hydrogen-bond donors (Lipinski definition) is 1. The molecule has 134 valence electrons. The molecule has 1 amide bonds. The number of hydrogen-bond acceptors (Lipinski definition) is 5. The Bertz CT molecular complexity index is 710. The highest BCUT2D eigenvalue weighted by Gasteiger charge is 2.21. The van der Waals surface area contributed by atoms with E-state index in [9.17, 15) is 4.79 Å². The number of carbonyl (C=O) groups excluding carboxylic acids is 1. The summed E-state index contributed by atoms with van der Waals surface area (Å²) >= 11 is 7.49. The fourth-order valence-electron chi connectivity index (χ4n) is 2.72. The number of halogens is 1. The lowest BCUT2D eigenvalue weighted by Gasteiger charge is -2.36. The van der Waals surface area contributed by atoms with Crippen molar-refractivity contribution in [3.05, 3.63) is 40.4 Å². The van der Waals surface area contributed by atoms with E-state index in [4.69, 9.17) is 11.6 Å². The van der Waals surface area contributed by atoms with Gasteiger partial charge in [-0.25, -0.2) is 4.98 Å². The Hall–Kier alpha value is -1.79. The van der Waals surface area contributed by atoms with Crippen molar-refractivity contribution in [3.63, 3.8) is 0 Å². The Morgan fingerprint density at radius 1 is 1.24 bits per heavy atom. The zero-order chi connectivity index (χ0) is 17.8. The van der Waals surface area contributed by atoms with Crippen molar-refractivity contribution >= 4 is 39.7 Å². The molecular formula is C18H23ClN4OS. The molecule has 1 atom stereocenters. The van der Waals surface area contributed by atoms with Crippen LogP contribution in [0.1, 0.15) is 30.8 Å². The largest absolute Gasteiger partial charge is 0.368 e. The second-order valence-electron chi connectivity index (χ2n) is 6.25. The van der Waals surface area contributed by atoms with Crippen LogP contribution in [0.15, 0.2) is 29.6 Å². The predicted octanol–water partition coefficient (Wildman–Crippen LogP) is 3.65. The topological polar surface area (TPSA) is 48.5 Å². The molecule has 0 saturated carbocycles. The van der Waals surface area contributed by atoms with Gasteiger partial charge >= 0.3 is 0 Å². The van der Waals surface area contributed by atoms with Crippen LogP contribution >= 0.6 is 22.9 Å². The molecule has 7 heteroatoms. The SMILES string of the molecule is CC[C@@H](C)NC(=O)c1csc(N2CCN(c3ccc(Cl)cc3)CC2)n1. The monoisotopic (exact) mass is 378 g/mol. The molecule has 1 aromatic heterocycles. The second kappa shape index (κ2) is 8.06. The molecule has 2 aromatic rings. The summed E-state index contributed by atoms with van der Waals surface area (Å²) in [5.41, 5.74) is 1.71. The zero-order valence-corrected chi connectivity index (χ0v) is 16.1. The Morgan fingerprint density at radius 2 is 1.88 bits per heavy atom. The van der Waals surface area contributed by atoms with Crippen molar-refractivity contribution in [3.8, 4) is 0 Å². The standard InChI is InChI=1S/C18H23ClN4OS/c1-3-13(2)20-17(24)16-12-25-18(21-16)23-10-8-22(9-11-23)15-6-4-14(19)5-7-15/h4-7,12-13H,3,8-11H2,1-2H3,(H,20,24)/t13-/m1/s1. The van der Waals surface area contributed by atoms with Gasteiger partial charge in [0.05, 0.1) is 0 Å². The molecule has 1 N–H and O–H groups in total. The number of nitrogens with one attached hydrogen (secondary N) is 1. The van der Waals surface area contributed by atoms with Gasteiger partial charge in [-0.05, 0) is 37.6 Å². The molecular weight excluding hydrogens is 356 g/mol. The Kier molecular flexibility index (Phi) is 5.81. The lowest BCUT2D eigenvalue weighted by atomic mass is 10.2. The van der Waals surface area contributed by atoms with E-state index in [-0.39, 0.29) is 11.9 Å². The highest BCUT2D eigenvalue weighted by molar-refractivity contribution is 7.13. The number of benzene rings is 1. The first kappa shape index (κ1) is 18.0. The normalized spacial score (nSPS) is 16.0. The van der Waals surface area contributed by atoms with Crippen molar-refractivity contribution in [1.29, 1.82) is 0 Å². The molecule has 1 aliphatic heterocycles. The second-order valence-corrected chi connectivity index (χ2v) is 7.52. The third-order valence-corrected chi connectivity index (χ3v) is 5.61. The quantitative estimate of drug-likeness (QED) is 0.862. The smallest absolute Gasteiger partial charge is 0.271 e. The average Bonchev–Trinajstić information content (AvgIpc) is 3.13. The van der Waals surface area contributed by atoms with Crippen LogP contribution in [0.2, 0.25) is 5.02 Å². The van der Waals surface area contributed by atoms with E-state index in [1.54, 1.807) is 0 Å². The number of piperazine rings is 1. The van der Waals surface area contributed by atoms with Crippen LogP contribution in [0, 0.1) is 0 Å². The van der Waals surface area contributed by atoms with Crippen molar-refractivity contribution in [2.75, 3.05) is 36.0 Å². The van der Waals surface area contributed by atoms with Crippen molar-refractivity contribution < 1.29 is 4.79 Å². The van der Waals surface area contributed by atoms with Gasteiger partial charge in [-0.1, -0.05) is 18.5 Å². The van der Waals surface area contributed by atoms with E-state index in [0.29, 0.717) is 5.69 Å². The van der Waals surface area contributed by atoms with Crippen LogP contribution in [0.3, 0.4) is 0 Å². The maximum absolute atomic E-state index is 12.2. The molecule has 0 radical (unpaired) electrons. The van der Waals surface area contributed by atoms with Crippen molar-refractivity contribution in [2.24, 2.45) is 0 Å². The van der Waals surface area contributed by atoms with Crippen LogP contribution < -0.4 is 15.1 Å². The first-order chi connectivity index (χ1) is 12.1. The summed E-state index contributed by atoms with van der Waals surface area (Å²) in [6.45, 7) is 7.69. The molecule has 1 aliphatic rings. The lowest BCUT2D eigenvalue weighted by molar-refractivity contribution is 0.0935. The highest BCUT2D eigenvalue weighted by Crippen LogP contribution is 2.24. The molecule has 0 aliphatic carbocycles. The fraction of sp³-hybridized carbons (Fsp3) is 0.444. The summed E-state index contributed by atoms with van der Waals surface area (Å²) in [6.07, 6.45) is 0.912. The van der Waals surface area contributed by atoms with Gasteiger partial charge in [0, 0.05) is 48.3 Å². The Morgan fingerprint density at radius 3 is 2.52 bits per heavy atom. The van der Waals surface area contributed by atoms with Gasteiger partial charge in [-0.15, -0.1) is 11.3 Å². The molecule has 2 heterocycles. The number of amides is 1. The molecule has 0 spiro atoms.